The van der Waals surface area contributed by atoms with E-state index in [1.54, 1.807) is 7.11 Å². The van der Waals surface area contributed by atoms with Gasteiger partial charge in [-0.3, -0.25) is 0 Å². The van der Waals surface area contributed by atoms with E-state index in [1.807, 2.05) is 12.1 Å². The second-order valence-electron chi connectivity index (χ2n) is 4.70. The summed E-state index contributed by atoms with van der Waals surface area (Å²) in [5.41, 5.74) is 1.27. The topological polar surface area (TPSA) is 29.5 Å². The minimum atomic E-state index is -0.0894. The van der Waals surface area contributed by atoms with Crippen LogP contribution in [0.4, 0.5) is 0 Å². The molecule has 88 valence electrons. The van der Waals surface area contributed by atoms with Crippen LogP contribution in [0.1, 0.15) is 31.2 Å². The zero-order chi connectivity index (χ0) is 11.4. The highest BCUT2D eigenvalue weighted by Crippen LogP contribution is 2.30. The van der Waals surface area contributed by atoms with Crippen molar-refractivity contribution in [1.82, 2.24) is 0 Å². The fourth-order valence-electron chi connectivity index (χ4n) is 2.63. The molecule has 2 nitrogen and oxygen atoms in total. The summed E-state index contributed by atoms with van der Waals surface area (Å²) in [6, 6.07) is 8.18. The van der Waals surface area contributed by atoms with Crippen LogP contribution in [0.2, 0.25) is 0 Å². The van der Waals surface area contributed by atoms with Crippen LogP contribution in [0.15, 0.2) is 24.3 Å². The summed E-state index contributed by atoms with van der Waals surface area (Å²) in [7, 11) is 1.72. The molecule has 0 heterocycles. The molecule has 0 radical (unpaired) electrons. The third-order valence-corrected chi connectivity index (χ3v) is 3.46. The lowest BCUT2D eigenvalue weighted by atomic mass is 9.83. The van der Waals surface area contributed by atoms with Crippen molar-refractivity contribution in [2.45, 2.75) is 38.2 Å². The SMILES string of the molecule is COc1ccccc1CC1CCCC(O)C1. The maximum Gasteiger partial charge on any atom is 0.122 e. The molecule has 1 saturated carbocycles. The maximum absolute atomic E-state index is 9.65. The second kappa shape index (κ2) is 5.35. The quantitative estimate of drug-likeness (QED) is 0.848. The predicted molar refractivity (Wildman–Crippen MR) is 64.7 cm³/mol. The summed E-state index contributed by atoms with van der Waals surface area (Å²) in [6.07, 6.45) is 5.24. The van der Waals surface area contributed by atoms with Crippen LogP contribution in [0.25, 0.3) is 0 Å². The van der Waals surface area contributed by atoms with Crippen LogP contribution >= 0.6 is 0 Å². The highest BCUT2D eigenvalue weighted by atomic mass is 16.5. The number of para-hydroxylation sites is 1. The van der Waals surface area contributed by atoms with Gasteiger partial charge in [0.1, 0.15) is 5.75 Å². The fraction of sp³-hybridized carbons (Fsp3) is 0.571. The van der Waals surface area contributed by atoms with Crippen molar-refractivity contribution >= 4 is 0 Å². The van der Waals surface area contributed by atoms with Gasteiger partial charge >= 0.3 is 0 Å². The standard InChI is InChI=1S/C14H20O2/c1-16-14-8-3-2-6-12(14)9-11-5-4-7-13(15)10-11/h2-3,6,8,11,13,15H,4-5,7,9-10H2,1H3. The summed E-state index contributed by atoms with van der Waals surface area (Å²) in [5, 5.41) is 9.65. The number of methoxy groups -OCH3 is 1. The summed E-state index contributed by atoms with van der Waals surface area (Å²) >= 11 is 0. The van der Waals surface area contributed by atoms with Crippen molar-refractivity contribution in [1.29, 1.82) is 0 Å². The minimum absolute atomic E-state index is 0.0894. The van der Waals surface area contributed by atoms with E-state index in [1.165, 1.54) is 12.0 Å². The Hall–Kier alpha value is -1.02. The van der Waals surface area contributed by atoms with Crippen molar-refractivity contribution in [3.05, 3.63) is 29.8 Å². The van der Waals surface area contributed by atoms with Crippen molar-refractivity contribution in [3.8, 4) is 5.75 Å². The zero-order valence-electron chi connectivity index (χ0n) is 9.86. The molecule has 0 saturated heterocycles. The molecule has 0 amide bonds. The zero-order valence-corrected chi connectivity index (χ0v) is 9.86. The second-order valence-corrected chi connectivity index (χ2v) is 4.70. The predicted octanol–water partition coefficient (Wildman–Crippen LogP) is 2.79. The average molecular weight is 220 g/mol. The molecule has 0 aromatic heterocycles. The molecule has 2 rings (SSSR count). The first kappa shape index (κ1) is 11.5. The highest BCUT2D eigenvalue weighted by molar-refractivity contribution is 5.33. The van der Waals surface area contributed by atoms with Crippen LogP contribution < -0.4 is 4.74 Å². The Bertz CT molecular complexity index is 335. The molecule has 1 N–H and O–H groups in total. The third kappa shape index (κ3) is 2.76. The monoisotopic (exact) mass is 220 g/mol. The van der Waals surface area contributed by atoms with E-state index in [-0.39, 0.29) is 6.10 Å². The van der Waals surface area contributed by atoms with Gasteiger partial charge in [0.25, 0.3) is 0 Å². The Morgan fingerprint density at radius 2 is 2.12 bits per heavy atom. The highest BCUT2D eigenvalue weighted by Gasteiger charge is 2.21. The smallest absolute Gasteiger partial charge is 0.122 e. The van der Waals surface area contributed by atoms with Gasteiger partial charge in [0, 0.05) is 0 Å². The van der Waals surface area contributed by atoms with Gasteiger partial charge in [-0.25, -0.2) is 0 Å². The number of aliphatic hydroxyl groups is 1. The number of aliphatic hydroxyl groups excluding tert-OH is 1. The molecule has 2 heteroatoms. The Morgan fingerprint density at radius 3 is 2.88 bits per heavy atom. The van der Waals surface area contributed by atoms with E-state index < -0.39 is 0 Å². The van der Waals surface area contributed by atoms with Gasteiger partial charge < -0.3 is 9.84 Å². The molecule has 0 aliphatic heterocycles. The van der Waals surface area contributed by atoms with Crippen LogP contribution in [0.5, 0.6) is 5.75 Å². The first-order chi connectivity index (χ1) is 7.79. The van der Waals surface area contributed by atoms with Gasteiger partial charge in [-0.2, -0.15) is 0 Å². The van der Waals surface area contributed by atoms with Crippen molar-refractivity contribution in [2.75, 3.05) is 7.11 Å². The van der Waals surface area contributed by atoms with Gasteiger partial charge in [0.05, 0.1) is 13.2 Å². The van der Waals surface area contributed by atoms with E-state index in [9.17, 15) is 5.11 Å². The molecular formula is C14H20O2. The Morgan fingerprint density at radius 1 is 1.31 bits per heavy atom. The largest absolute Gasteiger partial charge is 0.496 e. The van der Waals surface area contributed by atoms with Gasteiger partial charge in [-0.05, 0) is 43.2 Å². The van der Waals surface area contributed by atoms with Gasteiger partial charge in [0.15, 0.2) is 0 Å². The molecule has 1 aliphatic carbocycles. The first-order valence-corrected chi connectivity index (χ1v) is 6.09. The molecule has 1 aliphatic rings. The van der Waals surface area contributed by atoms with E-state index in [0.717, 1.165) is 31.4 Å². The molecular weight excluding hydrogens is 200 g/mol. The average Bonchev–Trinajstić information content (AvgIpc) is 2.30. The summed E-state index contributed by atoms with van der Waals surface area (Å²) in [5.74, 6) is 1.59. The number of hydrogen-bond donors (Lipinski definition) is 1. The molecule has 2 unspecified atom stereocenters. The number of rotatable bonds is 3. The van der Waals surface area contributed by atoms with Gasteiger partial charge in [-0.1, -0.05) is 24.6 Å². The Labute approximate surface area is 97.3 Å². The van der Waals surface area contributed by atoms with E-state index in [0.29, 0.717) is 5.92 Å². The van der Waals surface area contributed by atoms with Crippen LogP contribution in [-0.4, -0.2) is 18.3 Å². The minimum Gasteiger partial charge on any atom is -0.496 e. The van der Waals surface area contributed by atoms with E-state index in [2.05, 4.69) is 12.1 Å². The van der Waals surface area contributed by atoms with Crippen LogP contribution in [0.3, 0.4) is 0 Å². The van der Waals surface area contributed by atoms with Crippen molar-refractivity contribution in [3.63, 3.8) is 0 Å². The first-order valence-electron chi connectivity index (χ1n) is 6.09. The maximum atomic E-state index is 9.65. The van der Waals surface area contributed by atoms with Crippen LogP contribution in [0, 0.1) is 5.92 Å². The molecule has 2 atom stereocenters. The van der Waals surface area contributed by atoms with Crippen molar-refractivity contribution < 1.29 is 9.84 Å². The molecule has 1 aromatic carbocycles. The summed E-state index contributed by atoms with van der Waals surface area (Å²) < 4.78 is 5.35. The lowest BCUT2D eigenvalue weighted by Crippen LogP contribution is -2.21. The summed E-state index contributed by atoms with van der Waals surface area (Å²) in [6.45, 7) is 0. The van der Waals surface area contributed by atoms with E-state index in [4.69, 9.17) is 4.74 Å². The molecule has 1 fully saturated rings. The van der Waals surface area contributed by atoms with Crippen LogP contribution in [-0.2, 0) is 6.42 Å². The lowest BCUT2D eigenvalue weighted by Gasteiger charge is -2.26. The normalized spacial score (nSPS) is 25.4. The molecule has 16 heavy (non-hydrogen) atoms. The van der Waals surface area contributed by atoms with Crippen molar-refractivity contribution in [2.24, 2.45) is 5.92 Å². The lowest BCUT2D eigenvalue weighted by molar-refractivity contribution is 0.101. The van der Waals surface area contributed by atoms with E-state index >= 15 is 0 Å². The molecule has 0 spiro atoms. The Kier molecular flexibility index (Phi) is 3.83. The molecule has 0 bridgehead atoms. The van der Waals surface area contributed by atoms with Gasteiger partial charge in [0.2, 0.25) is 0 Å². The Balaban J connectivity index is 2.02. The number of ether oxygens (including phenoxy) is 1. The fourth-order valence-corrected chi connectivity index (χ4v) is 2.63. The number of hydrogen-bond acceptors (Lipinski definition) is 2. The summed E-state index contributed by atoms with van der Waals surface area (Å²) in [4.78, 5) is 0. The van der Waals surface area contributed by atoms with Gasteiger partial charge in [-0.15, -0.1) is 0 Å². The molecule has 1 aromatic rings. The number of benzene rings is 1. The third-order valence-electron chi connectivity index (χ3n) is 3.46.